The van der Waals surface area contributed by atoms with Crippen LogP contribution in [0.5, 0.6) is 0 Å². The van der Waals surface area contributed by atoms with Gasteiger partial charge in [0.1, 0.15) is 0 Å². The Bertz CT molecular complexity index is 471. The first-order chi connectivity index (χ1) is 11.3. The van der Waals surface area contributed by atoms with Gasteiger partial charge in [0.25, 0.3) is 0 Å². The van der Waals surface area contributed by atoms with E-state index >= 15 is 0 Å². The van der Waals surface area contributed by atoms with E-state index in [1.165, 1.54) is 17.7 Å². The molecule has 1 aromatic rings. The molecule has 5 nitrogen and oxygen atoms in total. The lowest BCUT2D eigenvalue weighted by molar-refractivity contribution is -0.119. The lowest BCUT2D eigenvalue weighted by Crippen LogP contribution is -2.43. The van der Waals surface area contributed by atoms with Gasteiger partial charge in [-0.25, -0.2) is 0 Å². The zero-order valence-corrected chi connectivity index (χ0v) is 17.7. The Balaban J connectivity index is 0.00000529. The minimum atomic E-state index is -0.0220. The molecule has 3 N–H and O–H groups in total. The molecule has 0 atom stereocenters. The molecule has 0 radical (unpaired) electrons. The second-order valence-corrected chi connectivity index (χ2v) is 6.12. The zero-order chi connectivity index (χ0) is 16.8. The van der Waals surface area contributed by atoms with Gasteiger partial charge >= 0.3 is 0 Å². The van der Waals surface area contributed by atoms with Gasteiger partial charge in [-0.1, -0.05) is 30.3 Å². The van der Waals surface area contributed by atoms with Crippen molar-refractivity contribution in [1.29, 1.82) is 0 Å². The number of hydrogen-bond acceptors (Lipinski definition) is 3. The second kappa shape index (κ2) is 15.6. The van der Waals surface area contributed by atoms with Crippen LogP contribution in [0, 0.1) is 0 Å². The zero-order valence-electron chi connectivity index (χ0n) is 14.5. The Kier molecular flexibility index (Phi) is 14.9. The van der Waals surface area contributed by atoms with E-state index in [1.54, 1.807) is 7.05 Å². The first-order valence-electron chi connectivity index (χ1n) is 8.00. The number of guanidine groups is 1. The van der Waals surface area contributed by atoms with Gasteiger partial charge in [0.2, 0.25) is 5.91 Å². The maximum atomic E-state index is 11.8. The molecule has 1 amide bonds. The van der Waals surface area contributed by atoms with Crippen LogP contribution in [0.3, 0.4) is 0 Å². The smallest absolute Gasteiger partial charge is 0.239 e. The molecule has 0 aliphatic heterocycles. The Hall–Kier alpha value is -0.960. The lowest BCUT2D eigenvalue weighted by atomic mass is 10.1. The monoisotopic (exact) mass is 464 g/mol. The fourth-order valence-corrected chi connectivity index (χ4v) is 2.51. The molecule has 0 fully saturated rings. The average molecular weight is 464 g/mol. The highest BCUT2D eigenvalue weighted by Crippen LogP contribution is 1.98. The fraction of sp³-hybridized carbons (Fsp3) is 0.529. The van der Waals surface area contributed by atoms with Crippen molar-refractivity contribution in [2.45, 2.75) is 19.3 Å². The first kappa shape index (κ1) is 23.0. The maximum absolute atomic E-state index is 11.8. The van der Waals surface area contributed by atoms with E-state index in [-0.39, 0.29) is 36.4 Å². The van der Waals surface area contributed by atoms with Gasteiger partial charge in [0.05, 0.1) is 6.54 Å². The second-order valence-electron chi connectivity index (χ2n) is 5.14. The summed E-state index contributed by atoms with van der Waals surface area (Å²) in [6, 6.07) is 10.1. The summed E-state index contributed by atoms with van der Waals surface area (Å²) in [7, 11) is 1.71. The van der Waals surface area contributed by atoms with Crippen molar-refractivity contribution in [3.8, 4) is 0 Å². The van der Waals surface area contributed by atoms with E-state index in [9.17, 15) is 4.79 Å². The summed E-state index contributed by atoms with van der Waals surface area (Å²) in [6.07, 6.45) is 5.25. The van der Waals surface area contributed by atoms with E-state index in [4.69, 9.17) is 0 Å². The van der Waals surface area contributed by atoms with Crippen LogP contribution in [-0.4, -0.2) is 50.6 Å². The molecule has 24 heavy (non-hydrogen) atoms. The third-order valence-corrected chi connectivity index (χ3v) is 3.98. The summed E-state index contributed by atoms with van der Waals surface area (Å²) in [6.45, 7) is 1.75. The number of thioether (sulfide) groups is 1. The number of carbonyl (C=O) groups excluding carboxylic acids is 1. The number of nitrogens with one attached hydrogen (secondary N) is 3. The number of benzene rings is 1. The molecule has 1 aromatic carbocycles. The molecule has 0 unspecified atom stereocenters. The predicted molar refractivity (Wildman–Crippen MR) is 116 cm³/mol. The number of unbranched alkanes of at least 4 members (excludes halogenated alkanes) is 1. The summed E-state index contributed by atoms with van der Waals surface area (Å²) in [5.41, 5.74) is 1.23. The van der Waals surface area contributed by atoms with Crippen molar-refractivity contribution in [3.05, 3.63) is 35.9 Å². The van der Waals surface area contributed by atoms with Crippen molar-refractivity contribution < 1.29 is 4.79 Å². The van der Waals surface area contributed by atoms with Gasteiger partial charge in [0, 0.05) is 20.1 Å². The molecule has 1 rings (SSSR count). The summed E-state index contributed by atoms with van der Waals surface area (Å²) in [5.74, 6) is 1.83. The van der Waals surface area contributed by atoms with Crippen LogP contribution < -0.4 is 16.0 Å². The van der Waals surface area contributed by atoms with E-state index in [1.807, 2.05) is 30.0 Å². The highest BCUT2D eigenvalue weighted by Gasteiger charge is 2.03. The molecule has 0 heterocycles. The van der Waals surface area contributed by atoms with Gasteiger partial charge < -0.3 is 16.0 Å². The van der Waals surface area contributed by atoms with Gasteiger partial charge in [-0.2, -0.15) is 11.8 Å². The number of amides is 1. The van der Waals surface area contributed by atoms with Crippen LogP contribution in [0.15, 0.2) is 35.3 Å². The Morgan fingerprint density at radius 2 is 1.83 bits per heavy atom. The number of nitrogens with zero attached hydrogens (tertiary/aromatic N) is 1. The largest absolute Gasteiger partial charge is 0.356 e. The van der Waals surface area contributed by atoms with Crippen LogP contribution >= 0.6 is 35.7 Å². The molecular weight excluding hydrogens is 435 g/mol. The fourth-order valence-electron chi connectivity index (χ4n) is 2.02. The van der Waals surface area contributed by atoms with Gasteiger partial charge in [-0.3, -0.25) is 9.79 Å². The van der Waals surface area contributed by atoms with Crippen LogP contribution in [0.1, 0.15) is 18.4 Å². The van der Waals surface area contributed by atoms with Crippen molar-refractivity contribution in [2.24, 2.45) is 4.99 Å². The molecule has 0 aliphatic rings. The molecule has 0 aliphatic carbocycles. The maximum Gasteiger partial charge on any atom is 0.239 e. The molecule has 0 aromatic heterocycles. The SMILES string of the molecule is CN=C(NCCCCSC)NCC(=O)NCCc1ccccc1.I. The number of carbonyl (C=O) groups is 1. The molecular formula is C17H29IN4OS. The molecule has 7 heteroatoms. The average Bonchev–Trinajstić information content (AvgIpc) is 2.58. The topological polar surface area (TPSA) is 65.5 Å². The summed E-state index contributed by atoms with van der Waals surface area (Å²) in [4.78, 5) is 15.9. The Morgan fingerprint density at radius 1 is 1.08 bits per heavy atom. The standard InChI is InChI=1S/C17H28N4OS.HI/c1-18-17(20-11-6-7-13-23-2)21-14-16(22)19-12-10-15-8-4-3-5-9-15;/h3-5,8-9H,6-7,10-14H2,1-2H3,(H,19,22)(H2,18,20,21);1H. The van der Waals surface area contributed by atoms with Crippen LogP contribution in [-0.2, 0) is 11.2 Å². The van der Waals surface area contributed by atoms with Crippen LogP contribution in [0.4, 0.5) is 0 Å². The normalized spacial score (nSPS) is 10.7. The van der Waals surface area contributed by atoms with E-state index in [0.717, 1.165) is 19.4 Å². The molecule has 0 saturated heterocycles. The highest BCUT2D eigenvalue weighted by atomic mass is 127. The lowest BCUT2D eigenvalue weighted by Gasteiger charge is -2.12. The molecule has 0 bridgehead atoms. The van der Waals surface area contributed by atoms with Gasteiger partial charge in [0.15, 0.2) is 5.96 Å². The van der Waals surface area contributed by atoms with E-state index < -0.39 is 0 Å². The quantitative estimate of drug-likeness (QED) is 0.215. The summed E-state index contributed by atoms with van der Waals surface area (Å²) >= 11 is 1.86. The van der Waals surface area contributed by atoms with Crippen molar-refractivity contribution in [2.75, 3.05) is 38.7 Å². The number of halogens is 1. The van der Waals surface area contributed by atoms with Crippen molar-refractivity contribution >= 4 is 47.6 Å². The minimum Gasteiger partial charge on any atom is -0.356 e. The Morgan fingerprint density at radius 3 is 2.50 bits per heavy atom. The molecule has 0 spiro atoms. The summed E-state index contributed by atoms with van der Waals surface area (Å²) < 4.78 is 0. The minimum absolute atomic E-state index is 0. The van der Waals surface area contributed by atoms with Gasteiger partial charge in [-0.05, 0) is 36.8 Å². The van der Waals surface area contributed by atoms with Crippen molar-refractivity contribution in [1.82, 2.24) is 16.0 Å². The van der Waals surface area contributed by atoms with E-state index in [0.29, 0.717) is 12.5 Å². The highest BCUT2D eigenvalue weighted by molar-refractivity contribution is 14.0. The number of rotatable bonds is 10. The third kappa shape index (κ3) is 11.6. The van der Waals surface area contributed by atoms with E-state index in [2.05, 4.69) is 39.3 Å². The Labute approximate surface area is 166 Å². The third-order valence-electron chi connectivity index (χ3n) is 3.29. The number of aliphatic imine (C=N–C) groups is 1. The summed E-state index contributed by atoms with van der Waals surface area (Å²) in [5, 5.41) is 9.15. The number of hydrogen-bond donors (Lipinski definition) is 3. The van der Waals surface area contributed by atoms with Crippen LogP contribution in [0.25, 0.3) is 0 Å². The predicted octanol–water partition coefficient (Wildman–Crippen LogP) is 2.27. The first-order valence-corrected chi connectivity index (χ1v) is 9.39. The van der Waals surface area contributed by atoms with Crippen LogP contribution in [0.2, 0.25) is 0 Å². The molecule has 0 saturated carbocycles. The van der Waals surface area contributed by atoms with Gasteiger partial charge in [-0.15, -0.1) is 24.0 Å². The van der Waals surface area contributed by atoms with Crippen molar-refractivity contribution in [3.63, 3.8) is 0 Å². The molecule has 136 valence electrons.